The van der Waals surface area contributed by atoms with Crippen LogP contribution in [0.2, 0.25) is 0 Å². The zero-order chi connectivity index (χ0) is 10.8. The first-order chi connectivity index (χ1) is 7.18. The van der Waals surface area contributed by atoms with Crippen molar-refractivity contribution < 1.29 is 9.59 Å². The van der Waals surface area contributed by atoms with Gasteiger partial charge < -0.3 is 0 Å². The lowest BCUT2D eigenvalue weighted by atomic mass is 10.1. The smallest absolute Gasteiger partial charge is 0.271 e. The molecule has 0 spiro atoms. The minimum atomic E-state index is -0.425. The molecule has 1 aliphatic heterocycles. The Morgan fingerprint density at radius 1 is 1.20 bits per heavy atom. The Bertz CT molecular complexity index is 439. The summed E-state index contributed by atoms with van der Waals surface area (Å²) in [6, 6.07) is 9.35. The van der Waals surface area contributed by atoms with Gasteiger partial charge in [0, 0.05) is 17.3 Å². The van der Waals surface area contributed by atoms with Crippen molar-refractivity contribution in [3.05, 3.63) is 41.5 Å². The van der Waals surface area contributed by atoms with E-state index in [4.69, 9.17) is 11.8 Å². The number of hydrogen-bond acceptors (Lipinski definition) is 2. The van der Waals surface area contributed by atoms with Crippen molar-refractivity contribution in [1.29, 1.82) is 0 Å². The maximum Gasteiger partial charge on any atom is 0.271 e. The number of hydrogen-bond donors (Lipinski definition) is 0. The second-order valence-corrected chi connectivity index (χ2v) is 3.57. The average Bonchev–Trinajstić information content (AvgIpc) is 2.48. The number of halogens is 1. The van der Waals surface area contributed by atoms with Crippen molar-refractivity contribution in [1.82, 2.24) is 4.42 Å². The van der Waals surface area contributed by atoms with Crippen LogP contribution in [0.3, 0.4) is 0 Å². The molecule has 0 atom stereocenters. The highest BCUT2D eigenvalue weighted by Crippen LogP contribution is 2.22. The third-order valence-electron chi connectivity index (χ3n) is 2.15. The largest absolute Gasteiger partial charge is 0.273 e. The molecule has 15 heavy (non-hydrogen) atoms. The molecule has 0 aromatic heterocycles. The molecule has 0 saturated carbocycles. The van der Waals surface area contributed by atoms with Crippen molar-refractivity contribution in [3.8, 4) is 0 Å². The van der Waals surface area contributed by atoms with E-state index < -0.39 is 5.91 Å². The summed E-state index contributed by atoms with van der Waals surface area (Å²) in [6.45, 7) is 0. The van der Waals surface area contributed by atoms with Crippen LogP contribution in [0, 0.1) is 0 Å². The number of benzene rings is 1. The molecule has 0 aliphatic carbocycles. The number of rotatable bonds is 1. The fourth-order valence-electron chi connectivity index (χ4n) is 1.41. The molecular weight excluding hydrogens is 214 g/mol. The molecular formula is C11H8ClNO2. The van der Waals surface area contributed by atoms with Crippen LogP contribution in [0.4, 0.5) is 0 Å². The first kappa shape index (κ1) is 9.93. The minimum absolute atomic E-state index is 0.0806. The van der Waals surface area contributed by atoms with Crippen molar-refractivity contribution in [2.45, 2.75) is 6.42 Å². The highest BCUT2D eigenvalue weighted by Gasteiger charge is 2.32. The molecule has 1 aromatic rings. The lowest BCUT2D eigenvalue weighted by Crippen LogP contribution is -2.17. The van der Waals surface area contributed by atoms with Crippen LogP contribution >= 0.6 is 11.8 Å². The summed E-state index contributed by atoms with van der Waals surface area (Å²) in [5, 5.41) is 0. The van der Waals surface area contributed by atoms with Gasteiger partial charge in [0.2, 0.25) is 5.91 Å². The van der Waals surface area contributed by atoms with Gasteiger partial charge in [-0.05, 0) is 11.6 Å². The topological polar surface area (TPSA) is 37.4 Å². The average molecular weight is 222 g/mol. The maximum atomic E-state index is 11.4. The minimum Gasteiger partial charge on any atom is -0.273 e. The second kappa shape index (κ2) is 3.87. The molecule has 4 heteroatoms. The van der Waals surface area contributed by atoms with Gasteiger partial charge in [-0.2, -0.15) is 4.42 Å². The van der Waals surface area contributed by atoms with E-state index in [1.54, 1.807) is 6.08 Å². The van der Waals surface area contributed by atoms with E-state index in [9.17, 15) is 9.59 Å². The van der Waals surface area contributed by atoms with E-state index in [0.29, 0.717) is 9.99 Å². The number of carbonyl (C=O) groups excluding carboxylic acids is 2. The Hall–Kier alpha value is -1.61. The van der Waals surface area contributed by atoms with Gasteiger partial charge in [0.05, 0.1) is 6.42 Å². The number of imide groups is 1. The molecule has 0 bridgehead atoms. The van der Waals surface area contributed by atoms with Crippen molar-refractivity contribution >= 4 is 29.7 Å². The van der Waals surface area contributed by atoms with E-state index in [1.807, 2.05) is 30.3 Å². The summed E-state index contributed by atoms with van der Waals surface area (Å²) >= 11 is 5.47. The molecule has 2 rings (SSSR count). The zero-order valence-electron chi connectivity index (χ0n) is 7.81. The fraction of sp³-hybridized carbons (Fsp3) is 0.0909. The van der Waals surface area contributed by atoms with Gasteiger partial charge in [-0.1, -0.05) is 30.3 Å². The van der Waals surface area contributed by atoms with Crippen molar-refractivity contribution in [2.75, 3.05) is 0 Å². The van der Waals surface area contributed by atoms with Gasteiger partial charge in [-0.15, -0.1) is 0 Å². The highest BCUT2D eigenvalue weighted by molar-refractivity contribution is 6.36. The Labute approximate surface area is 92.1 Å². The Kier molecular flexibility index (Phi) is 2.56. The standard InChI is InChI=1S/C11H8ClNO2/c12-13-10(14)7-9(11(13)15)6-8-4-2-1-3-5-8/h1-6H,7H2. The van der Waals surface area contributed by atoms with Gasteiger partial charge in [0.15, 0.2) is 0 Å². The van der Waals surface area contributed by atoms with Crippen LogP contribution in [-0.4, -0.2) is 16.2 Å². The van der Waals surface area contributed by atoms with Gasteiger partial charge >= 0.3 is 0 Å². The summed E-state index contributed by atoms with van der Waals surface area (Å²) < 4.78 is 0.634. The van der Waals surface area contributed by atoms with Crippen molar-refractivity contribution in [2.24, 2.45) is 0 Å². The summed E-state index contributed by atoms with van der Waals surface area (Å²) in [4.78, 5) is 22.5. The third-order valence-corrected chi connectivity index (χ3v) is 2.50. The first-order valence-electron chi connectivity index (χ1n) is 4.47. The van der Waals surface area contributed by atoms with Crippen LogP contribution < -0.4 is 0 Å². The van der Waals surface area contributed by atoms with Crippen LogP contribution in [-0.2, 0) is 9.59 Å². The SMILES string of the molecule is O=C1CC(=Cc2ccccc2)C(=O)N1Cl. The Morgan fingerprint density at radius 2 is 1.87 bits per heavy atom. The predicted octanol–water partition coefficient (Wildman–Crippen LogP) is 1.98. The summed E-state index contributed by atoms with van der Waals surface area (Å²) in [5.74, 6) is -0.797. The van der Waals surface area contributed by atoms with Gasteiger partial charge in [0.1, 0.15) is 0 Å². The maximum absolute atomic E-state index is 11.4. The van der Waals surface area contributed by atoms with Crippen LogP contribution in [0.1, 0.15) is 12.0 Å². The molecule has 1 aliphatic rings. The van der Waals surface area contributed by atoms with E-state index >= 15 is 0 Å². The van der Waals surface area contributed by atoms with Crippen LogP contribution in [0.5, 0.6) is 0 Å². The number of amides is 2. The van der Waals surface area contributed by atoms with E-state index in [-0.39, 0.29) is 12.3 Å². The van der Waals surface area contributed by atoms with E-state index in [0.717, 1.165) is 5.56 Å². The van der Waals surface area contributed by atoms with Crippen LogP contribution in [0.15, 0.2) is 35.9 Å². The molecule has 0 unspecified atom stereocenters. The molecule has 0 N–H and O–H groups in total. The Morgan fingerprint density at radius 3 is 2.40 bits per heavy atom. The quantitative estimate of drug-likeness (QED) is 0.413. The molecule has 1 saturated heterocycles. The molecule has 3 nitrogen and oxygen atoms in total. The fourth-order valence-corrected chi connectivity index (χ4v) is 1.58. The molecule has 1 heterocycles. The first-order valence-corrected chi connectivity index (χ1v) is 4.81. The summed E-state index contributed by atoms with van der Waals surface area (Å²) in [5.41, 5.74) is 1.32. The zero-order valence-corrected chi connectivity index (χ0v) is 8.57. The lowest BCUT2D eigenvalue weighted by molar-refractivity contribution is -0.131. The monoisotopic (exact) mass is 221 g/mol. The molecule has 1 fully saturated rings. The molecule has 76 valence electrons. The lowest BCUT2D eigenvalue weighted by Gasteiger charge is -1.98. The number of nitrogens with zero attached hydrogens (tertiary/aromatic N) is 1. The molecule has 2 amide bonds. The highest BCUT2D eigenvalue weighted by atomic mass is 35.5. The van der Waals surface area contributed by atoms with Gasteiger partial charge in [0.25, 0.3) is 5.91 Å². The van der Waals surface area contributed by atoms with Crippen LogP contribution in [0.25, 0.3) is 6.08 Å². The summed E-state index contributed by atoms with van der Waals surface area (Å²) in [7, 11) is 0. The summed E-state index contributed by atoms with van der Waals surface area (Å²) in [6.07, 6.45) is 1.76. The van der Waals surface area contributed by atoms with Crippen molar-refractivity contribution in [3.63, 3.8) is 0 Å². The predicted molar refractivity (Wildman–Crippen MR) is 56.7 cm³/mol. The Balaban J connectivity index is 2.30. The number of carbonyl (C=O) groups is 2. The molecule has 1 aromatic carbocycles. The second-order valence-electron chi connectivity index (χ2n) is 3.24. The third kappa shape index (κ3) is 1.92. The van der Waals surface area contributed by atoms with Gasteiger partial charge in [-0.3, -0.25) is 9.59 Å². The normalized spacial score (nSPS) is 19.0. The molecule has 0 radical (unpaired) electrons. The van der Waals surface area contributed by atoms with E-state index in [1.165, 1.54) is 0 Å². The van der Waals surface area contributed by atoms with Gasteiger partial charge in [-0.25, -0.2) is 0 Å². The van der Waals surface area contributed by atoms with E-state index in [2.05, 4.69) is 0 Å².